The van der Waals surface area contributed by atoms with Crippen LogP contribution in [0.5, 0.6) is 0 Å². The summed E-state index contributed by atoms with van der Waals surface area (Å²) in [5.74, 6) is 0.546. The van der Waals surface area contributed by atoms with E-state index in [1.54, 1.807) is 0 Å². The molecule has 1 N–H and O–H groups in total. The molecule has 0 radical (unpaired) electrons. The van der Waals surface area contributed by atoms with Gasteiger partial charge in [-0.15, -0.1) is 0 Å². The summed E-state index contributed by atoms with van der Waals surface area (Å²) in [6, 6.07) is 0. The van der Waals surface area contributed by atoms with Crippen molar-refractivity contribution in [2.24, 2.45) is 11.8 Å². The van der Waals surface area contributed by atoms with Crippen molar-refractivity contribution in [3.63, 3.8) is 0 Å². The second kappa shape index (κ2) is 6.03. The Morgan fingerprint density at radius 3 is 2.45 bits per heavy atom. The van der Waals surface area contributed by atoms with Crippen LogP contribution in [-0.4, -0.2) is 30.9 Å². The topological polar surface area (TPSA) is 46.5 Å². The molecule has 4 heteroatoms. The van der Waals surface area contributed by atoms with Crippen molar-refractivity contribution in [3.8, 4) is 0 Å². The Hall–Kier alpha value is -0.193. The van der Waals surface area contributed by atoms with Crippen LogP contribution in [0.3, 0.4) is 0 Å². The van der Waals surface area contributed by atoms with Crippen LogP contribution in [0.15, 0.2) is 0 Å². The lowest BCUT2D eigenvalue weighted by atomic mass is 9.84. The molecule has 0 saturated heterocycles. The third-order valence-corrected chi connectivity index (χ3v) is 10.7. The molecule has 0 aromatic heterocycles. The average molecular weight is 327 g/mol. The molecule has 0 aromatic carbocycles. The predicted octanol–water partition coefficient (Wildman–Crippen LogP) is 4.30. The summed E-state index contributed by atoms with van der Waals surface area (Å²) < 4.78 is 6.58. The van der Waals surface area contributed by atoms with Gasteiger partial charge in [-0.25, -0.2) is 0 Å². The van der Waals surface area contributed by atoms with Crippen molar-refractivity contribution in [2.45, 2.75) is 96.1 Å². The fraction of sp³-hybridized carbons (Fsp3) is 0.944. The van der Waals surface area contributed by atoms with Gasteiger partial charge < -0.3 is 9.53 Å². The van der Waals surface area contributed by atoms with Gasteiger partial charge >= 0.3 is 0 Å². The van der Waals surface area contributed by atoms with Gasteiger partial charge in [0.15, 0.2) is 14.1 Å². The lowest BCUT2D eigenvalue weighted by Gasteiger charge is -2.44. The molecule has 0 spiro atoms. The van der Waals surface area contributed by atoms with E-state index in [9.17, 15) is 9.90 Å². The first-order valence-corrected chi connectivity index (χ1v) is 11.8. The quantitative estimate of drug-likeness (QED) is 0.770. The lowest BCUT2D eigenvalue weighted by molar-refractivity contribution is -0.152. The van der Waals surface area contributed by atoms with Crippen molar-refractivity contribution < 1.29 is 14.3 Å². The minimum absolute atomic E-state index is 0.0375. The maximum atomic E-state index is 12.9. The first kappa shape index (κ1) is 18.1. The van der Waals surface area contributed by atoms with E-state index in [0.29, 0.717) is 12.3 Å². The van der Waals surface area contributed by atoms with E-state index in [1.165, 1.54) is 0 Å². The largest absolute Gasteiger partial charge is 0.411 e. The maximum absolute atomic E-state index is 12.9. The van der Waals surface area contributed by atoms with E-state index in [-0.39, 0.29) is 22.8 Å². The standard InChI is InChI=1S/C18H34O3Si/c1-13-11-14-9-7-8-10-18(20,16(14)19)15(12-13)21-22(5,6)17(2,3)4/h13-15,20H,7-12H2,1-6H3/t13-,14-,15-,18-/m0/s1. The summed E-state index contributed by atoms with van der Waals surface area (Å²) in [6.45, 7) is 13.3. The van der Waals surface area contributed by atoms with Gasteiger partial charge in [-0.05, 0) is 56.2 Å². The highest BCUT2D eigenvalue weighted by Crippen LogP contribution is 2.45. The van der Waals surface area contributed by atoms with E-state index in [4.69, 9.17) is 4.43 Å². The van der Waals surface area contributed by atoms with Crippen LogP contribution in [0.25, 0.3) is 0 Å². The van der Waals surface area contributed by atoms with Crippen LogP contribution in [0.1, 0.15) is 66.2 Å². The number of fused-ring (bicyclic) bond motifs is 2. The molecular weight excluding hydrogens is 292 g/mol. The molecule has 0 aromatic rings. The molecule has 2 aliphatic rings. The molecule has 22 heavy (non-hydrogen) atoms. The Morgan fingerprint density at radius 2 is 1.86 bits per heavy atom. The highest BCUT2D eigenvalue weighted by atomic mass is 28.4. The number of ketones is 1. The van der Waals surface area contributed by atoms with Crippen molar-refractivity contribution in [1.82, 2.24) is 0 Å². The molecule has 2 fully saturated rings. The second-order valence-corrected chi connectivity index (χ2v) is 13.9. The monoisotopic (exact) mass is 326 g/mol. The highest BCUT2D eigenvalue weighted by Gasteiger charge is 2.53. The predicted molar refractivity (Wildman–Crippen MR) is 92.4 cm³/mol. The molecule has 2 rings (SSSR count). The maximum Gasteiger partial charge on any atom is 0.192 e. The summed E-state index contributed by atoms with van der Waals surface area (Å²) >= 11 is 0. The molecule has 0 amide bonds. The van der Waals surface area contributed by atoms with Crippen LogP contribution in [0.2, 0.25) is 18.1 Å². The van der Waals surface area contributed by atoms with Gasteiger partial charge in [-0.3, -0.25) is 4.79 Å². The first-order valence-electron chi connectivity index (χ1n) is 8.92. The van der Waals surface area contributed by atoms with Crippen LogP contribution in [0.4, 0.5) is 0 Å². The van der Waals surface area contributed by atoms with Gasteiger partial charge in [-0.2, -0.15) is 0 Å². The zero-order valence-electron chi connectivity index (χ0n) is 15.2. The third kappa shape index (κ3) is 3.34. The van der Waals surface area contributed by atoms with Crippen molar-refractivity contribution in [2.75, 3.05) is 0 Å². The number of hydrogen-bond donors (Lipinski definition) is 1. The Kier molecular flexibility index (Phi) is 4.97. The summed E-state index contributed by atoms with van der Waals surface area (Å²) in [5.41, 5.74) is -1.25. The number of rotatable bonds is 2. The molecule has 2 bridgehead atoms. The van der Waals surface area contributed by atoms with Crippen molar-refractivity contribution in [1.29, 1.82) is 0 Å². The Bertz CT molecular complexity index is 427. The minimum atomic E-state index is -2.01. The summed E-state index contributed by atoms with van der Waals surface area (Å²) in [7, 11) is -2.01. The highest BCUT2D eigenvalue weighted by molar-refractivity contribution is 6.74. The molecule has 0 unspecified atom stereocenters. The average Bonchev–Trinajstić information content (AvgIpc) is 2.55. The van der Waals surface area contributed by atoms with Crippen LogP contribution in [0, 0.1) is 11.8 Å². The molecule has 0 heterocycles. The lowest BCUT2D eigenvalue weighted by Crippen LogP contribution is -2.56. The second-order valence-electron chi connectivity index (χ2n) is 9.17. The van der Waals surface area contributed by atoms with E-state index < -0.39 is 13.9 Å². The van der Waals surface area contributed by atoms with Gasteiger partial charge in [-0.1, -0.05) is 34.1 Å². The van der Waals surface area contributed by atoms with E-state index in [0.717, 1.165) is 32.1 Å². The Labute approximate surface area is 137 Å². The molecular formula is C18H34O3Si. The van der Waals surface area contributed by atoms with Gasteiger partial charge in [0.2, 0.25) is 0 Å². The zero-order valence-corrected chi connectivity index (χ0v) is 16.2. The van der Waals surface area contributed by atoms with Crippen LogP contribution < -0.4 is 0 Å². The molecule has 0 aliphatic heterocycles. The molecule has 128 valence electrons. The zero-order chi connectivity index (χ0) is 16.8. The molecule has 4 atom stereocenters. The fourth-order valence-electron chi connectivity index (χ4n) is 3.76. The van der Waals surface area contributed by atoms with Crippen LogP contribution >= 0.6 is 0 Å². The molecule has 2 aliphatic carbocycles. The minimum Gasteiger partial charge on any atom is -0.411 e. The van der Waals surface area contributed by atoms with Crippen molar-refractivity contribution >= 4 is 14.1 Å². The number of carbonyl (C=O) groups is 1. The smallest absolute Gasteiger partial charge is 0.192 e. The normalized spacial score (nSPS) is 37.6. The van der Waals surface area contributed by atoms with E-state index >= 15 is 0 Å². The number of carbonyl (C=O) groups excluding carboxylic acids is 1. The number of Topliss-reactive ketones (excluding diaryl/α,β-unsaturated/α-hetero) is 1. The molecule has 3 nitrogen and oxygen atoms in total. The fourth-order valence-corrected chi connectivity index (χ4v) is 5.11. The van der Waals surface area contributed by atoms with Gasteiger partial charge in [0, 0.05) is 5.92 Å². The van der Waals surface area contributed by atoms with Gasteiger partial charge in [0.05, 0.1) is 6.10 Å². The SMILES string of the molecule is C[C@H]1C[C@@H]2CCCC[C@@](O)(C2=O)[C@@H](O[Si](C)(C)C(C)(C)C)C1. The Morgan fingerprint density at radius 1 is 1.23 bits per heavy atom. The van der Waals surface area contributed by atoms with E-state index in [1.807, 2.05) is 0 Å². The number of aliphatic hydroxyl groups is 1. The Balaban J connectivity index is 2.33. The van der Waals surface area contributed by atoms with Gasteiger partial charge in [0.1, 0.15) is 5.60 Å². The van der Waals surface area contributed by atoms with Crippen LogP contribution in [-0.2, 0) is 9.22 Å². The third-order valence-electron chi connectivity index (χ3n) is 6.24. The first-order chi connectivity index (χ1) is 9.97. The van der Waals surface area contributed by atoms with E-state index in [2.05, 4.69) is 40.8 Å². The summed E-state index contributed by atoms with van der Waals surface area (Å²) in [4.78, 5) is 12.9. The summed E-state index contributed by atoms with van der Waals surface area (Å²) in [6.07, 6.45) is 4.91. The summed E-state index contributed by atoms with van der Waals surface area (Å²) in [5, 5.41) is 11.4. The van der Waals surface area contributed by atoms with Crippen molar-refractivity contribution in [3.05, 3.63) is 0 Å². The molecule has 2 saturated carbocycles. The number of hydrogen-bond acceptors (Lipinski definition) is 3. The van der Waals surface area contributed by atoms with Gasteiger partial charge in [0.25, 0.3) is 0 Å².